The van der Waals surface area contributed by atoms with E-state index in [-0.39, 0.29) is 26.1 Å². The van der Waals surface area contributed by atoms with Gasteiger partial charge in [-0.15, -0.1) is 22.1 Å². The first-order valence-electron chi connectivity index (χ1n) is 13.6. The Labute approximate surface area is 270 Å². The molecule has 0 spiro atoms. The average Bonchev–Trinajstić information content (AvgIpc) is 3.85. The van der Waals surface area contributed by atoms with E-state index in [2.05, 4.69) is 52.0 Å². The van der Waals surface area contributed by atoms with Crippen LogP contribution in [0.15, 0.2) is 89.4 Å². The molecule has 5 nitrogen and oxygen atoms in total. The summed E-state index contributed by atoms with van der Waals surface area (Å²) in [7, 11) is 0. The number of benzene rings is 2. The number of nitrogens with zero attached hydrogens (tertiary/aromatic N) is 4. The number of halogens is 1. The molecule has 0 aliphatic carbocycles. The summed E-state index contributed by atoms with van der Waals surface area (Å²) in [4.78, 5) is 20.2. The Balaban J connectivity index is 0.00000329. The minimum atomic E-state index is -0.0138. The van der Waals surface area contributed by atoms with Gasteiger partial charge in [0, 0.05) is 16.5 Å². The van der Waals surface area contributed by atoms with Crippen LogP contribution in [-0.4, -0.2) is 21.7 Å². The number of rotatable bonds is 3. The summed E-state index contributed by atoms with van der Waals surface area (Å²) >= 11 is 3.79. The van der Waals surface area contributed by atoms with Gasteiger partial charge in [0.25, 0.3) is 0 Å². The van der Waals surface area contributed by atoms with Crippen molar-refractivity contribution in [3.8, 4) is 34.1 Å². The SMILES string of the molecule is OCCC#Cc1c2nc(c(-c3ccccc3)c3ccc([n-]3)c(Br)c3nc(c(-c4ccccc4)c4ccc1[n-]4)C=C3)C=C2.[Zn+2]. The molecular formula is C36H23BrN4OZn. The topological polar surface area (TPSA) is 74.2 Å². The fourth-order valence-corrected chi connectivity index (χ4v) is 5.63. The molecule has 2 aromatic carbocycles. The van der Waals surface area contributed by atoms with Gasteiger partial charge in [0.05, 0.1) is 29.4 Å². The zero-order chi connectivity index (χ0) is 28.5. The Morgan fingerprint density at radius 2 is 1.09 bits per heavy atom. The van der Waals surface area contributed by atoms with E-state index in [1.54, 1.807) is 0 Å². The Bertz CT molecular complexity index is 2080. The first-order chi connectivity index (χ1) is 20.7. The fourth-order valence-electron chi connectivity index (χ4n) is 5.19. The van der Waals surface area contributed by atoms with E-state index < -0.39 is 0 Å². The molecule has 0 atom stereocenters. The van der Waals surface area contributed by atoms with Crippen molar-refractivity contribution in [2.75, 3.05) is 6.61 Å². The van der Waals surface area contributed by atoms with E-state index in [1.165, 1.54) is 0 Å². The van der Waals surface area contributed by atoms with Gasteiger partial charge >= 0.3 is 19.5 Å². The number of fused-ring (bicyclic) bond motifs is 8. The van der Waals surface area contributed by atoms with Gasteiger partial charge in [-0.1, -0.05) is 96.8 Å². The van der Waals surface area contributed by atoms with Crippen LogP contribution < -0.4 is 9.97 Å². The summed E-state index contributed by atoms with van der Waals surface area (Å²) in [5, 5.41) is 9.41. The van der Waals surface area contributed by atoms with Crippen LogP contribution in [0.3, 0.4) is 0 Å². The number of hydrogen-bond donors (Lipinski definition) is 1. The Kier molecular flexibility index (Phi) is 8.36. The normalized spacial score (nSPS) is 11.6. The molecule has 43 heavy (non-hydrogen) atoms. The largest absolute Gasteiger partial charge is 2.00 e. The molecule has 5 aromatic rings. The van der Waals surface area contributed by atoms with Crippen LogP contribution in [-0.2, 0) is 19.5 Å². The summed E-state index contributed by atoms with van der Waals surface area (Å²) in [6.45, 7) is -0.0138. The molecule has 0 unspecified atom stereocenters. The first-order valence-corrected chi connectivity index (χ1v) is 14.4. The second-order valence-electron chi connectivity index (χ2n) is 9.81. The average molecular weight is 673 g/mol. The molecule has 8 bridgehead atoms. The smallest absolute Gasteiger partial charge is 0.656 e. The standard InChI is InChI=1S/C36H23BrN4O.Zn/c37-36-32-20-18-30(40-32)34(23-9-3-1-4-10-23)28-16-14-26(38-28)25(13-7-8-22-42)27-15-17-29(39-27)35(24-11-5-2-6-12-24)31-19-21-33(36)41-31;/h1-6,9-12,14-21,42H,8,22H2;/q-2;+2. The fraction of sp³-hybridized carbons (Fsp3) is 0.0556. The summed E-state index contributed by atoms with van der Waals surface area (Å²) in [6.07, 6.45) is 8.37. The van der Waals surface area contributed by atoms with Gasteiger partial charge < -0.3 is 15.1 Å². The van der Waals surface area contributed by atoms with Gasteiger partial charge in [-0.05, 0) is 62.5 Å². The second-order valence-corrected chi connectivity index (χ2v) is 10.6. The van der Waals surface area contributed by atoms with Gasteiger partial charge in [0.15, 0.2) is 0 Å². The predicted octanol–water partition coefficient (Wildman–Crippen LogP) is 7.74. The van der Waals surface area contributed by atoms with E-state index in [1.807, 2.05) is 85.0 Å². The molecule has 0 amide bonds. The van der Waals surface area contributed by atoms with Crippen molar-refractivity contribution in [3.05, 3.63) is 118 Å². The van der Waals surface area contributed by atoms with Gasteiger partial charge in [0.2, 0.25) is 0 Å². The monoisotopic (exact) mass is 670 g/mol. The van der Waals surface area contributed by atoms with Gasteiger partial charge in [-0.2, -0.15) is 0 Å². The maximum atomic E-state index is 9.41. The van der Waals surface area contributed by atoms with Crippen LogP contribution in [0, 0.1) is 11.8 Å². The third-order valence-corrected chi connectivity index (χ3v) is 7.93. The second kappa shape index (κ2) is 12.5. The molecule has 7 rings (SSSR count). The molecule has 0 saturated carbocycles. The van der Waals surface area contributed by atoms with E-state index >= 15 is 0 Å². The molecule has 5 heterocycles. The summed E-state index contributed by atoms with van der Waals surface area (Å²) in [5.41, 5.74) is 10.8. The van der Waals surface area contributed by atoms with Crippen molar-refractivity contribution in [3.63, 3.8) is 0 Å². The summed E-state index contributed by atoms with van der Waals surface area (Å²) < 4.78 is 0.814. The molecule has 0 saturated heterocycles. The van der Waals surface area contributed by atoms with Gasteiger partial charge in [-0.3, -0.25) is 0 Å². The molecule has 7 heteroatoms. The Morgan fingerprint density at radius 3 is 1.70 bits per heavy atom. The van der Waals surface area contributed by atoms with Crippen LogP contribution in [0.4, 0.5) is 0 Å². The third-order valence-electron chi connectivity index (χ3n) is 7.12. The summed E-state index contributed by atoms with van der Waals surface area (Å²) in [6, 6.07) is 28.3. The van der Waals surface area contributed by atoms with Crippen molar-refractivity contribution in [1.82, 2.24) is 19.9 Å². The van der Waals surface area contributed by atoms with Crippen LogP contribution in [0.25, 0.3) is 68.6 Å². The van der Waals surface area contributed by atoms with Gasteiger partial charge in [-0.25, -0.2) is 9.97 Å². The van der Waals surface area contributed by atoms with Crippen LogP contribution in [0.1, 0.15) is 34.8 Å². The molecular weight excluding hydrogens is 650 g/mol. The van der Waals surface area contributed by atoms with E-state index in [0.29, 0.717) is 12.0 Å². The van der Waals surface area contributed by atoms with Crippen molar-refractivity contribution in [1.29, 1.82) is 0 Å². The van der Waals surface area contributed by atoms with Gasteiger partial charge in [0.1, 0.15) is 0 Å². The number of hydrogen-bond acceptors (Lipinski definition) is 3. The van der Waals surface area contributed by atoms with Crippen molar-refractivity contribution in [2.45, 2.75) is 6.42 Å². The first kappa shape index (κ1) is 28.8. The van der Waals surface area contributed by atoms with E-state index in [9.17, 15) is 5.11 Å². The Morgan fingerprint density at radius 1 is 0.605 bits per heavy atom. The maximum absolute atomic E-state index is 9.41. The quantitative estimate of drug-likeness (QED) is 0.154. The zero-order valence-corrected chi connectivity index (χ0v) is 27.7. The third kappa shape index (κ3) is 5.58. The Hall–Kier alpha value is -4.34. The molecule has 2 aliphatic heterocycles. The van der Waals surface area contributed by atoms with Crippen molar-refractivity contribution < 1.29 is 24.6 Å². The van der Waals surface area contributed by atoms with E-state index in [0.717, 1.165) is 71.6 Å². The minimum Gasteiger partial charge on any atom is -0.656 e. The zero-order valence-electron chi connectivity index (χ0n) is 23.1. The number of aromatic nitrogens is 4. The van der Waals surface area contributed by atoms with Crippen LogP contribution in [0.5, 0.6) is 0 Å². The molecule has 0 fully saturated rings. The molecule has 202 valence electrons. The molecule has 3 aromatic heterocycles. The predicted molar refractivity (Wildman–Crippen MR) is 174 cm³/mol. The minimum absolute atomic E-state index is 0. The van der Waals surface area contributed by atoms with Crippen molar-refractivity contribution in [2.24, 2.45) is 0 Å². The maximum Gasteiger partial charge on any atom is 2.00 e. The van der Waals surface area contributed by atoms with Crippen molar-refractivity contribution >= 4 is 62.3 Å². The molecule has 0 radical (unpaired) electrons. The van der Waals surface area contributed by atoms with E-state index in [4.69, 9.17) is 19.9 Å². The van der Waals surface area contributed by atoms with Crippen LogP contribution in [0.2, 0.25) is 0 Å². The molecule has 2 aliphatic rings. The van der Waals surface area contributed by atoms with Crippen LogP contribution >= 0.6 is 15.9 Å². The number of aliphatic hydroxyl groups excluding tert-OH is 1. The number of aliphatic hydroxyl groups is 1. The summed E-state index contributed by atoms with van der Waals surface area (Å²) in [5.74, 6) is 6.34. The molecule has 1 N–H and O–H groups in total.